The maximum Gasteiger partial charge on any atom is 0.269 e. The van der Waals surface area contributed by atoms with Gasteiger partial charge in [0.1, 0.15) is 42.0 Å². The van der Waals surface area contributed by atoms with Crippen molar-refractivity contribution in [1.29, 1.82) is 21.0 Å². The molecular formula is C120H60N24. The summed E-state index contributed by atoms with van der Waals surface area (Å²) in [6.45, 7) is 30.0. The van der Waals surface area contributed by atoms with Crippen LogP contribution in [0.2, 0.25) is 0 Å². The van der Waals surface area contributed by atoms with Gasteiger partial charge in [0.25, 0.3) is 11.6 Å². The fourth-order valence-electron chi connectivity index (χ4n) is 18.6. The summed E-state index contributed by atoms with van der Waals surface area (Å²) in [5.41, 5.74) is 27.6. The molecule has 0 radical (unpaired) electrons. The second-order valence-corrected chi connectivity index (χ2v) is 33.7. The predicted octanol–water partition coefficient (Wildman–Crippen LogP) is 27.8. The molecule has 16 aromatic heterocycles. The normalized spacial score (nSPS) is 11.0. The lowest BCUT2D eigenvalue weighted by atomic mass is 9.82. The number of nitriles is 4. The van der Waals surface area contributed by atoms with E-state index in [1.807, 2.05) is 146 Å². The van der Waals surface area contributed by atoms with Gasteiger partial charge in [0.05, 0.1) is 104 Å². The van der Waals surface area contributed by atoms with E-state index in [0.29, 0.717) is 102 Å². The minimum absolute atomic E-state index is 0.322. The molecule has 0 aliphatic rings. The van der Waals surface area contributed by atoms with Crippen LogP contribution in [0, 0.1) is 71.6 Å². The van der Waals surface area contributed by atoms with Gasteiger partial charge in [-0.3, -0.25) is 39.9 Å². The molecule has 0 spiro atoms. The zero-order valence-corrected chi connectivity index (χ0v) is 75.4. The van der Waals surface area contributed by atoms with Crippen LogP contribution in [0.3, 0.4) is 0 Å². The second kappa shape index (κ2) is 36.8. The Morgan fingerprint density at radius 2 is 0.500 bits per heavy atom. The van der Waals surface area contributed by atoms with Crippen molar-refractivity contribution in [3.8, 4) is 204 Å². The first-order valence-electron chi connectivity index (χ1n) is 45.0. The van der Waals surface area contributed by atoms with Crippen LogP contribution >= 0.6 is 0 Å². The van der Waals surface area contributed by atoms with Crippen molar-refractivity contribution < 1.29 is 0 Å². The van der Waals surface area contributed by atoms with Gasteiger partial charge in [0.2, 0.25) is 11.4 Å². The highest BCUT2D eigenvalue weighted by Gasteiger charge is 2.28. The Hall–Kier alpha value is -21.8. The minimum atomic E-state index is 0.322. The highest BCUT2D eigenvalue weighted by molar-refractivity contribution is 6.34. The van der Waals surface area contributed by atoms with E-state index in [1.165, 1.54) is 18.6 Å². The molecule has 0 amide bonds. The molecule has 24 rings (SSSR count). The molecule has 24 nitrogen and oxygen atoms in total. The Morgan fingerprint density at radius 1 is 0.194 bits per heavy atom. The third kappa shape index (κ3) is 16.0. The lowest BCUT2D eigenvalue weighted by Gasteiger charge is -2.21. The predicted molar refractivity (Wildman–Crippen MR) is 556 cm³/mol. The van der Waals surface area contributed by atoms with Crippen LogP contribution in [0.15, 0.2) is 366 Å². The minimum Gasteiger partial charge on any atom is -0.361 e. The van der Waals surface area contributed by atoms with Crippen LogP contribution in [-0.2, 0) is 0 Å². The summed E-state index contributed by atoms with van der Waals surface area (Å²) in [4.78, 5) is 89.5. The molecule has 0 unspecified atom stereocenters. The average Bonchev–Trinajstić information content (AvgIpc) is 0.708. The third-order valence-corrected chi connectivity index (χ3v) is 25.5. The monoisotopic (exact) mass is 1840 g/mol. The van der Waals surface area contributed by atoms with E-state index in [1.54, 1.807) is 104 Å². The van der Waals surface area contributed by atoms with Gasteiger partial charge in [-0.1, -0.05) is 122 Å². The topological polar surface area (TPSA) is 319 Å². The molecule has 0 aliphatic carbocycles. The molecule has 0 aliphatic heterocycles. The van der Waals surface area contributed by atoms with Gasteiger partial charge in [-0.25, -0.2) is 39.6 Å². The summed E-state index contributed by atoms with van der Waals surface area (Å²) >= 11 is 0. The van der Waals surface area contributed by atoms with E-state index in [4.69, 9.17) is 66.2 Å². The first-order chi connectivity index (χ1) is 70.9. The van der Waals surface area contributed by atoms with E-state index >= 15 is 0 Å². The summed E-state index contributed by atoms with van der Waals surface area (Å²) < 4.78 is 0. The van der Waals surface area contributed by atoms with Crippen molar-refractivity contribution in [3.63, 3.8) is 0 Å². The molecular weight excluding hydrogens is 1780 g/mol. The molecule has 16 heterocycles. The maximum atomic E-state index is 9.75. The number of benzene rings is 8. The van der Waals surface area contributed by atoms with Crippen molar-refractivity contribution in [1.82, 2.24) is 79.7 Å². The highest BCUT2D eigenvalue weighted by atomic mass is 14.9. The quantitative estimate of drug-likeness (QED) is 0.0641. The summed E-state index contributed by atoms with van der Waals surface area (Å²) in [7, 11) is 0. The van der Waals surface area contributed by atoms with E-state index < -0.39 is 0 Å². The molecule has 0 saturated carbocycles. The van der Waals surface area contributed by atoms with Crippen LogP contribution in [0.5, 0.6) is 0 Å². The fraction of sp³-hybridized carbons (Fsp3) is 0. The summed E-state index contributed by atoms with van der Waals surface area (Å²) in [5.74, 6) is 0.644. The second-order valence-electron chi connectivity index (χ2n) is 33.7. The van der Waals surface area contributed by atoms with Crippen LogP contribution in [0.1, 0.15) is 22.5 Å². The Balaban J connectivity index is 0.000000159. The number of nitrogens with zero attached hydrogens (tertiary/aromatic N) is 24. The Morgan fingerprint density at radius 3 is 0.812 bits per heavy atom. The Labute approximate surface area is 821 Å². The molecule has 0 fully saturated rings. The van der Waals surface area contributed by atoms with Crippen LogP contribution in [0.25, 0.3) is 264 Å². The van der Waals surface area contributed by atoms with Gasteiger partial charge in [0, 0.05) is 164 Å². The molecule has 0 N–H and O–H groups in total. The fourth-order valence-corrected chi connectivity index (χ4v) is 18.6. The number of pyridine rings is 16. The molecule has 0 bridgehead atoms. The molecule has 0 saturated heterocycles. The maximum absolute atomic E-state index is 9.75. The largest absolute Gasteiger partial charge is 0.361 e. The van der Waals surface area contributed by atoms with E-state index in [2.05, 4.69) is 181 Å². The number of hydrogen-bond donors (Lipinski definition) is 0. The zero-order valence-electron chi connectivity index (χ0n) is 75.4. The summed E-state index contributed by atoms with van der Waals surface area (Å²) in [6.07, 6.45) is 25.6. The van der Waals surface area contributed by atoms with E-state index in [-0.39, 0.29) is 0 Å². The number of rotatable bonds is 16. The summed E-state index contributed by atoms with van der Waals surface area (Å²) in [6, 6.07) is 97.2. The van der Waals surface area contributed by atoms with Crippen LogP contribution in [-0.4, -0.2) is 79.7 Å². The average molecular weight is 1840 g/mol. The first kappa shape index (κ1) is 86.3. The Kier molecular flexibility index (Phi) is 22.0. The van der Waals surface area contributed by atoms with E-state index in [0.717, 1.165) is 188 Å². The molecule has 24 aromatic rings. The lowest BCUT2D eigenvalue weighted by molar-refractivity contribution is 1.24. The molecule has 660 valence electrons. The van der Waals surface area contributed by atoms with Crippen molar-refractivity contribution in [3.05, 3.63) is 434 Å². The highest BCUT2D eigenvalue weighted by Crippen LogP contribution is 2.52. The summed E-state index contributed by atoms with van der Waals surface area (Å²) in [5, 5.41) is 50.1. The van der Waals surface area contributed by atoms with Gasteiger partial charge in [-0.15, -0.1) is 9.97 Å². The molecule has 0 atom stereocenters. The lowest BCUT2D eigenvalue weighted by Crippen LogP contribution is -1.98. The van der Waals surface area contributed by atoms with Crippen molar-refractivity contribution in [2.45, 2.75) is 0 Å². The van der Waals surface area contributed by atoms with Gasteiger partial charge in [0.15, 0.2) is 0 Å². The smallest absolute Gasteiger partial charge is 0.269 e. The zero-order chi connectivity index (χ0) is 97.4. The van der Waals surface area contributed by atoms with Gasteiger partial charge in [-0.05, 0) is 251 Å². The first-order valence-corrected chi connectivity index (χ1v) is 45.0. The van der Waals surface area contributed by atoms with Crippen molar-refractivity contribution in [2.75, 3.05) is 0 Å². The van der Waals surface area contributed by atoms with Gasteiger partial charge in [-0.2, -0.15) is 21.0 Å². The van der Waals surface area contributed by atoms with Crippen LogP contribution < -0.4 is 0 Å². The Bertz CT molecular complexity index is 8610. The van der Waals surface area contributed by atoms with Crippen LogP contribution in [0.4, 0.5) is 23.0 Å². The number of hydrogen-bond acceptors (Lipinski definition) is 20. The van der Waals surface area contributed by atoms with Gasteiger partial charge >= 0.3 is 0 Å². The third-order valence-electron chi connectivity index (χ3n) is 25.5. The van der Waals surface area contributed by atoms with Crippen molar-refractivity contribution in [2.24, 2.45) is 0 Å². The number of aromatic nitrogens is 16. The van der Waals surface area contributed by atoms with Gasteiger partial charge < -0.3 is 9.69 Å². The SMILES string of the molecule is [C-]#[N+]c1ccc(-c2ccc(-c3cc(-c4ccc(-c5ccc(C#N)nc5)nc4)c4ccc5c(-c6ccc(-c7ccc(C#N)nc7)nc6)cc(-c6ccc(-c7ccc([N+]#[C-])nc7)nc6)c6ccc3c4c56)cn2)cn1.[C-]#[N+]c1cncc(-c2cccc(-c3cc(-c4cccc(-c5cncc(C#N)c5)n4)c4ccc5c(-c6cccc(-c7cc(C#N)ccn7)n6)cc(-c6cccc(-c7cncc([N+]#[C-])c7)n6)c6ccc3c4c65)n2)c1. The molecule has 144 heavy (non-hydrogen) atoms. The standard InChI is InChI=1S/2C60H30N12/c1-63-57-21-9-41(33-71-57)55-19-7-37(29-69-55)51-23-49(35-5-17-53(67-27-35)39-3-11-43(25-61)65-31-39)45-13-14-46-50(36-6-18-54(68-28-36)40-4-12-44(26-62)66-32-40)24-52(48-16-15-47(51)59(45)60(46)48)38-8-20-56(70-30-38)42-10-22-58(64-2)72-34-42;1-63-40-23-38(31-66-33-40)51-8-4-11-54(70-51)47-25-46(53-10-3-7-50(69-53)37-21-36(28-62)29-65-30-37)42-17-18-45-49(56-13-6-14-57(72-56)58-22-35(27-61)19-20-68-58)26-48(44-16-15-43(47)59(42)60(44)45)55-12-5-9-52(71-55)39-24-41(64-2)34-67-32-39/h3-24,27-34H;3-26,29-34H. The van der Waals surface area contributed by atoms with Crippen molar-refractivity contribution >= 4 is 87.6 Å². The van der Waals surface area contributed by atoms with E-state index in [9.17, 15) is 21.0 Å². The molecule has 24 heteroatoms. The molecule has 8 aromatic carbocycles.